The smallest absolute Gasteiger partial charge is 0.268 e. The number of ether oxygens (including phenoxy) is 3. The lowest BCUT2D eigenvalue weighted by molar-refractivity contribution is -0.129. The van der Waals surface area contributed by atoms with Crippen molar-refractivity contribution in [2.75, 3.05) is 25.7 Å². The van der Waals surface area contributed by atoms with Crippen molar-refractivity contribution in [3.05, 3.63) is 47.5 Å². The molecule has 0 saturated heterocycles. The maximum atomic E-state index is 12.8. The van der Waals surface area contributed by atoms with Gasteiger partial charge in [0.1, 0.15) is 23.8 Å². The van der Waals surface area contributed by atoms with Crippen LogP contribution in [0.4, 0.5) is 5.69 Å². The number of nitrogens with zero attached hydrogens (tertiary/aromatic N) is 1. The highest BCUT2D eigenvalue weighted by Crippen LogP contribution is 2.35. The number of benzene rings is 2. The summed E-state index contributed by atoms with van der Waals surface area (Å²) in [6, 6.07) is 11.0. The first-order chi connectivity index (χ1) is 14.0. The van der Waals surface area contributed by atoms with E-state index in [1.165, 1.54) is 4.90 Å². The van der Waals surface area contributed by atoms with Crippen molar-refractivity contribution in [1.82, 2.24) is 5.32 Å². The fourth-order valence-corrected chi connectivity index (χ4v) is 3.27. The quantitative estimate of drug-likeness (QED) is 0.776. The van der Waals surface area contributed by atoms with Crippen LogP contribution in [0.15, 0.2) is 36.4 Å². The third kappa shape index (κ3) is 4.45. The van der Waals surface area contributed by atoms with Crippen molar-refractivity contribution < 1.29 is 23.8 Å². The van der Waals surface area contributed by atoms with Crippen LogP contribution in [0.1, 0.15) is 24.5 Å². The molecule has 0 saturated carbocycles. The van der Waals surface area contributed by atoms with Crippen molar-refractivity contribution in [3.63, 3.8) is 0 Å². The van der Waals surface area contributed by atoms with Crippen LogP contribution in [0, 0.1) is 6.92 Å². The predicted octanol–water partition coefficient (Wildman–Crippen LogP) is 2.83. The maximum Gasteiger partial charge on any atom is 0.268 e. The number of hydrogen-bond acceptors (Lipinski definition) is 5. The Bertz CT molecular complexity index is 912. The second kappa shape index (κ2) is 8.86. The average Bonchev–Trinajstić information content (AvgIpc) is 2.74. The van der Waals surface area contributed by atoms with Gasteiger partial charge in [-0.2, -0.15) is 0 Å². The summed E-state index contributed by atoms with van der Waals surface area (Å²) in [4.78, 5) is 27.0. The van der Waals surface area contributed by atoms with Crippen molar-refractivity contribution in [2.24, 2.45) is 0 Å². The lowest BCUT2D eigenvalue weighted by Gasteiger charge is -2.34. The first-order valence-corrected chi connectivity index (χ1v) is 9.53. The first-order valence-electron chi connectivity index (χ1n) is 9.53. The minimum Gasteiger partial charge on any atom is -0.497 e. The van der Waals surface area contributed by atoms with E-state index in [-0.39, 0.29) is 24.9 Å². The summed E-state index contributed by atoms with van der Waals surface area (Å²) in [5.41, 5.74) is 2.40. The van der Waals surface area contributed by atoms with Gasteiger partial charge in [-0.25, -0.2) is 0 Å². The third-order valence-electron chi connectivity index (χ3n) is 4.85. The van der Waals surface area contributed by atoms with E-state index in [2.05, 4.69) is 5.32 Å². The second-order valence-electron chi connectivity index (χ2n) is 6.86. The molecule has 3 rings (SSSR count). The summed E-state index contributed by atoms with van der Waals surface area (Å²) >= 11 is 0. The van der Waals surface area contributed by atoms with Gasteiger partial charge in [0.2, 0.25) is 5.91 Å². The Morgan fingerprint density at radius 2 is 1.97 bits per heavy atom. The lowest BCUT2D eigenvalue weighted by Crippen LogP contribution is -2.49. The standard InChI is InChI=1S/C22H26N2O5/c1-5-18-22(26)24(17-10-14(2)6-8-20(17)29-18)13-21(25)23-12-15-11-16(27-3)7-9-19(15)28-4/h6-11,18H,5,12-13H2,1-4H3,(H,23,25)/t18-/m0/s1. The molecule has 154 valence electrons. The van der Waals surface area contributed by atoms with E-state index >= 15 is 0 Å². The number of carbonyl (C=O) groups is 2. The van der Waals surface area contributed by atoms with Crippen molar-refractivity contribution in [3.8, 4) is 17.2 Å². The lowest BCUT2D eigenvalue weighted by atomic mass is 10.1. The van der Waals surface area contributed by atoms with Gasteiger partial charge in [0.15, 0.2) is 6.10 Å². The number of carbonyl (C=O) groups excluding carboxylic acids is 2. The number of hydrogen-bond donors (Lipinski definition) is 1. The van der Waals surface area contributed by atoms with Gasteiger partial charge >= 0.3 is 0 Å². The summed E-state index contributed by atoms with van der Waals surface area (Å²) < 4.78 is 16.4. The Hall–Kier alpha value is -3.22. The van der Waals surface area contributed by atoms with Gasteiger partial charge in [-0.3, -0.25) is 14.5 Å². The molecule has 1 aliphatic rings. The number of methoxy groups -OCH3 is 2. The van der Waals surface area contributed by atoms with E-state index in [0.29, 0.717) is 29.4 Å². The van der Waals surface area contributed by atoms with Crippen molar-refractivity contribution in [2.45, 2.75) is 32.9 Å². The molecule has 0 aromatic heterocycles. The Morgan fingerprint density at radius 3 is 2.66 bits per heavy atom. The van der Waals surface area contributed by atoms with E-state index in [9.17, 15) is 9.59 Å². The number of rotatable bonds is 7. The van der Waals surface area contributed by atoms with Gasteiger partial charge in [0.25, 0.3) is 5.91 Å². The molecule has 0 aliphatic carbocycles. The number of nitrogens with one attached hydrogen (secondary N) is 1. The summed E-state index contributed by atoms with van der Waals surface area (Å²) in [5, 5.41) is 2.86. The van der Waals surface area contributed by atoms with E-state index in [1.807, 2.05) is 38.1 Å². The molecule has 0 bridgehead atoms. The molecule has 29 heavy (non-hydrogen) atoms. The highest BCUT2D eigenvalue weighted by atomic mass is 16.5. The van der Waals surface area contributed by atoms with Crippen molar-refractivity contribution in [1.29, 1.82) is 0 Å². The van der Waals surface area contributed by atoms with Crippen molar-refractivity contribution >= 4 is 17.5 Å². The zero-order valence-corrected chi connectivity index (χ0v) is 17.2. The molecule has 2 aromatic carbocycles. The zero-order valence-electron chi connectivity index (χ0n) is 17.2. The molecule has 2 amide bonds. The SMILES string of the molecule is CC[C@@H]1Oc2ccc(C)cc2N(CC(=O)NCc2cc(OC)ccc2OC)C1=O. The van der Waals surface area contributed by atoms with Gasteiger partial charge in [0.05, 0.1) is 19.9 Å². The molecular formula is C22H26N2O5. The van der Waals surface area contributed by atoms with Gasteiger partial charge in [-0.15, -0.1) is 0 Å². The first kappa shape index (κ1) is 20.5. The van der Waals surface area contributed by atoms with E-state index < -0.39 is 6.10 Å². The Kier molecular flexibility index (Phi) is 6.26. The molecule has 0 spiro atoms. The molecule has 1 N–H and O–H groups in total. The highest BCUT2D eigenvalue weighted by Gasteiger charge is 2.34. The average molecular weight is 398 g/mol. The Balaban J connectivity index is 1.75. The van der Waals surface area contributed by atoms with Gasteiger partial charge in [0, 0.05) is 12.1 Å². The molecular weight excluding hydrogens is 372 g/mol. The predicted molar refractivity (Wildman–Crippen MR) is 110 cm³/mol. The Labute approximate surface area is 170 Å². The minimum atomic E-state index is -0.587. The topological polar surface area (TPSA) is 77.1 Å². The zero-order chi connectivity index (χ0) is 21.0. The maximum absolute atomic E-state index is 12.8. The van der Waals surface area contributed by atoms with Gasteiger partial charge in [-0.1, -0.05) is 13.0 Å². The number of anilines is 1. The summed E-state index contributed by atoms with van der Waals surface area (Å²) in [6.07, 6.45) is -0.0536. The van der Waals surface area contributed by atoms with E-state index in [1.54, 1.807) is 26.4 Å². The van der Waals surface area contributed by atoms with Crippen LogP contribution in [0.5, 0.6) is 17.2 Å². The van der Waals surface area contributed by atoms with Crippen LogP contribution in [-0.4, -0.2) is 38.7 Å². The third-order valence-corrected chi connectivity index (χ3v) is 4.85. The largest absolute Gasteiger partial charge is 0.497 e. The molecule has 0 radical (unpaired) electrons. The minimum absolute atomic E-state index is 0.0819. The molecule has 0 fully saturated rings. The van der Waals surface area contributed by atoms with E-state index in [4.69, 9.17) is 14.2 Å². The van der Waals surface area contributed by atoms with Crippen LogP contribution < -0.4 is 24.4 Å². The summed E-state index contributed by atoms with van der Waals surface area (Å²) in [6.45, 7) is 4.00. The van der Waals surface area contributed by atoms with Crippen LogP contribution in [0.2, 0.25) is 0 Å². The normalized spacial score (nSPS) is 15.4. The van der Waals surface area contributed by atoms with Crippen LogP contribution in [-0.2, 0) is 16.1 Å². The van der Waals surface area contributed by atoms with Crippen LogP contribution in [0.25, 0.3) is 0 Å². The van der Waals surface area contributed by atoms with E-state index in [0.717, 1.165) is 11.1 Å². The fraction of sp³-hybridized carbons (Fsp3) is 0.364. The van der Waals surface area contributed by atoms with Gasteiger partial charge in [-0.05, 0) is 49.2 Å². The molecule has 2 aromatic rings. The fourth-order valence-electron chi connectivity index (χ4n) is 3.27. The monoisotopic (exact) mass is 398 g/mol. The second-order valence-corrected chi connectivity index (χ2v) is 6.86. The molecule has 7 heteroatoms. The van der Waals surface area contributed by atoms with Crippen LogP contribution >= 0.6 is 0 Å². The highest BCUT2D eigenvalue weighted by molar-refractivity contribution is 6.03. The van der Waals surface area contributed by atoms with Gasteiger partial charge < -0.3 is 19.5 Å². The number of aryl methyl sites for hydroxylation is 1. The summed E-state index contributed by atoms with van der Waals surface area (Å²) in [5.74, 6) is 1.46. The molecule has 1 heterocycles. The molecule has 7 nitrogen and oxygen atoms in total. The number of amides is 2. The number of fused-ring (bicyclic) bond motifs is 1. The molecule has 1 atom stereocenters. The summed E-state index contributed by atoms with van der Waals surface area (Å²) in [7, 11) is 3.15. The van der Waals surface area contributed by atoms with Crippen LogP contribution in [0.3, 0.4) is 0 Å². The Morgan fingerprint density at radius 1 is 1.17 bits per heavy atom. The molecule has 1 aliphatic heterocycles. The molecule has 0 unspecified atom stereocenters.